The standard InChI is InChI=1S/C16H20FN3O2S/c1-3-20-10-15(18-11-20)23(21,22)19(2)16(12-4-5-12)13-6-8-14(17)9-7-13/h6-12,16H,3-5H2,1-2H3. The van der Waals surface area contributed by atoms with E-state index in [4.69, 9.17) is 0 Å². The van der Waals surface area contributed by atoms with Gasteiger partial charge in [-0.25, -0.2) is 17.8 Å². The molecular formula is C16H20FN3O2S. The first-order valence-electron chi connectivity index (χ1n) is 7.68. The van der Waals surface area contributed by atoms with Crippen LogP contribution in [0.4, 0.5) is 4.39 Å². The van der Waals surface area contributed by atoms with Crippen LogP contribution >= 0.6 is 0 Å². The van der Waals surface area contributed by atoms with Gasteiger partial charge in [-0.15, -0.1) is 0 Å². The number of hydrogen-bond acceptors (Lipinski definition) is 3. The van der Waals surface area contributed by atoms with Gasteiger partial charge in [-0.1, -0.05) is 12.1 Å². The number of halogens is 1. The Hall–Kier alpha value is -1.73. The smallest absolute Gasteiger partial charge is 0.262 e. The topological polar surface area (TPSA) is 55.2 Å². The lowest BCUT2D eigenvalue weighted by atomic mass is 10.0. The Labute approximate surface area is 135 Å². The zero-order valence-corrected chi connectivity index (χ0v) is 14.0. The van der Waals surface area contributed by atoms with E-state index < -0.39 is 10.0 Å². The molecule has 2 aromatic rings. The van der Waals surface area contributed by atoms with Gasteiger partial charge in [-0.3, -0.25) is 0 Å². The van der Waals surface area contributed by atoms with Gasteiger partial charge in [0, 0.05) is 19.8 Å². The molecule has 0 saturated heterocycles. The van der Waals surface area contributed by atoms with Gasteiger partial charge in [0.05, 0.1) is 12.4 Å². The lowest BCUT2D eigenvalue weighted by molar-refractivity contribution is 0.341. The minimum Gasteiger partial charge on any atom is -0.336 e. The highest BCUT2D eigenvalue weighted by Gasteiger charge is 2.40. The van der Waals surface area contributed by atoms with Crippen molar-refractivity contribution in [3.63, 3.8) is 0 Å². The van der Waals surface area contributed by atoms with Crippen molar-refractivity contribution in [2.24, 2.45) is 5.92 Å². The second-order valence-corrected chi connectivity index (χ2v) is 7.84. The van der Waals surface area contributed by atoms with E-state index in [1.165, 1.54) is 22.8 Å². The zero-order valence-electron chi connectivity index (χ0n) is 13.2. The molecule has 1 aromatic heterocycles. The fourth-order valence-electron chi connectivity index (χ4n) is 2.79. The highest BCUT2D eigenvalue weighted by atomic mass is 32.2. The Bertz CT molecular complexity index is 782. The number of aryl methyl sites for hydroxylation is 1. The Morgan fingerprint density at radius 1 is 1.35 bits per heavy atom. The summed E-state index contributed by atoms with van der Waals surface area (Å²) in [4.78, 5) is 4.02. The molecule has 1 fully saturated rings. The van der Waals surface area contributed by atoms with Crippen molar-refractivity contribution in [1.82, 2.24) is 13.9 Å². The lowest BCUT2D eigenvalue weighted by Crippen LogP contribution is -2.32. The van der Waals surface area contributed by atoms with Crippen LogP contribution in [-0.2, 0) is 16.6 Å². The van der Waals surface area contributed by atoms with Gasteiger partial charge < -0.3 is 4.57 Å². The fraction of sp³-hybridized carbons (Fsp3) is 0.438. The van der Waals surface area contributed by atoms with Crippen LogP contribution in [0.2, 0.25) is 0 Å². The van der Waals surface area contributed by atoms with E-state index in [1.54, 1.807) is 29.9 Å². The maximum atomic E-state index is 13.2. The SMILES string of the molecule is CCn1cnc(S(=O)(=O)N(C)C(c2ccc(F)cc2)C2CC2)c1. The van der Waals surface area contributed by atoms with Crippen molar-refractivity contribution in [2.75, 3.05) is 7.05 Å². The molecule has 5 nitrogen and oxygen atoms in total. The minimum absolute atomic E-state index is 0.0506. The lowest BCUT2D eigenvalue weighted by Gasteiger charge is -2.27. The molecule has 7 heteroatoms. The third kappa shape index (κ3) is 3.16. The van der Waals surface area contributed by atoms with E-state index in [0.717, 1.165) is 18.4 Å². The Morgan fingerprint density at radius 2 is 2.00 bits per heavy atom. The summed E-state index contributed by atoms with van der Waals surface area (Å²) in [6.45, 7) is 2.59. The van der Waals surface area contributed by atoms with Gasteiger partial charge >= 0.3 is 0 Å². The number of aromatic nitrogens is 2. The number of nitrogens with zero attached hydrogens (tertiary/aromatic N) is 3. The molecule has 1 aliphatic rings. The molecule has 0 aliphatic heterocycles. The highest BCUT2D eigenvalue weighted by molar-refractivity contribution is 7.89. The van der Waals surface area contributed by atoms with Crippen molar-refractivity contribution in [3.8, 4) is 0 Å². The van der Waals surface area contributed by atoms with E-state index in [1.807, 2.05) is 6.92 Å². The molecule has 1 aliphatic carbocycles. The van der Waals surface area contributed by atoms with E-state index >= 15 is 0 Å². The number of rotatable bonds is 6. The first-order chi connectivity index (χ1) is 10.9. The molecule has 1 aromatic carbocycles. The molecule has 1 saturated carbocycles. The predicted octanol–water partition coefficient (Wildman–Crippen LogP) is 2.81. The van der Waals surface area contributed by atoms with Crippen LogP contribution < -0.4 is 0 Å². The quantitative estimate of drug-likeness (QED) is 0.814. The summed E-state index contributed by atoms with van der Waals surface area (Å²) in [5.41, 5.74) is 0.815. The van der Waals surface area contributed by atoms with Gasteiger partial charge in [-0.2, -0.15) is 4.31 Å². The molecule has 3 rings (SSSR count). The van der Waals surface area contributed by atoms with Crippen LogP contribution in [0, 0.1) is 11.7 Å². The fourth-order valence-corrected chi connectivity index (χ4v) is 4.13. The highest BCUT2D eigenvalue weighted by Crippen LogP contribution is 2.45. The summed E-state index contributed by atoms with van der Waals surface area (Å²) in [5, 5.41) is 0.0506. The van der Waals surface area contributed by atoms with Crippen molar-refractivity contribution in [2.45, 2.75) is 37.4 Å². The first-order valence-corrected chi connectivity index (χ1v) is 9.12. The second-order valence-electron chi connectivity index (χ2n) is 5.90. The summed E-state index contributed by atoms with van der Waals surface area (Å²) in [6, 6.07) is 5.78. The van der Waals surface area contributed by atoms with Gasteiger partial charge in [0.2, 0.25) is 0 Å². The molecule has 0 radical (unpaired) electrons. The van der Waals surface area contributed by atoms with E-state index in [9.17, 15) is 12.8 Å². The average Bonchev–Trinajstić information content (AvgIpc) is 3.24. The molecule has 1 atom stereocenters. The average molecular weight is 337 g/mol. The molecule has 1 heterocycles. The summed E-state index contributed by atoms with van der Waals surface area (Å²) in [7, 11) is -2.11. The van der Waals surface area contributed by atoms with Crippen LogP contribution in [0.3, 0.4) is 0 Å². The minimum atomic E-state index is -3.68. The monoisotopic (exact) mass is 337 g/mol. The summed E-state index contributed by atoms with van der Waals surface area (Å²) in [6.07, 6.45) is 5.02. The first kappa shape index (κ1) is 16.1. The van der Waals surface area contributed by atoms with Gasteiger partial charge in [0.25, 0.3) is 10.0 Å². The summed E-state index contributed by atoms with van der Waals surface area (Å²) < 4.78 is 42.0. The van der Waals surface area contributed by atoms with Crippen LogP contribution in [0.1, 0.15) is 31.4 Å². The van der Waals surface area contributed by atoms with E-state index in [2.05, 4.69) is 4.98 Å². The van der Waals surface area contributed by atoms with Crippen LogP contribution in [0.5, 0.6) is 0 Å². The van der Waals surface area contributed by atoms with E-state index in [0.29, 0.717) is 6.54 Å². The van der Waals surface area contributed by atoms with Crippen molar-refractivity contribution in [1.29, 1.82) is 0 Å². The summed E-state index contributed by atoms with van der Waals surface area (Å²) >= 11 is 0. The van der Waals surface area contributed by atoms with Gasteiger partial charge in [0.15, 0.2) is 5.03 Å². The Morgan fingerprint density at radius 3 is 2.52 bits per heavy atom. The molecule has 23 heavy (non-hydrogen) atoms. The maximum Gasteiger partial charge on any atom is 0.262 e. The molecular weight excluding hydrogens is 317 g/mol. The molecule has 124 valence electrons. The van der Waals surface area contributed by atoms with Gasteiger partial charge in [0.1, 0.15) is 5.82 Å². The third-order valence-corrected chi connectivity index (χ3v) is 6.01. The number of imidazole rings is 1. The number of sulfonamides is 1. The molecule has 0 N–H and O–H groups in total. The Kier molecular flexibility index (Phi) is 4.25. The largest absolute Gasteiger partial charge is 0.336 e. The summed E-state index contributed by atoms with van der Waals surface area (Å²) in [5.74, 6) is -0.0519. The molecule has 0 amide bonds. The van der Waals surface area contributed by atoms with Crippen LogP contribution in [-0.4, -0.2) is 29.3 Å². The third-order valence-electron chi connectivity index (χ3n) is 4.29. The number of hydrogen-bond donors (Lipinski definition) is 0. The second kappa shape index (κ2) is 6.05. The zero-order chi connectivity index (χ0) is 16.6. The molecule has 0 spiro atoms. The number of benzene rings is 1. The van der Waals surface area contributed by atoms with Crippen LogP contribution in [0.25, 0.3) is 0 Å². The van der Waals surface area contributed by atoms with Crippen LogP contribution in [0.15, 0.2) is 41.8 Å². The van der Waals surface area contributed by atoms with E-state index in [-0.39, 0.29) is 22.8 Å². The van der Waals surface area contributed by atoms with Crippen molar-refractivity contribution in [3.05, 3.63) is 48.2 Å². The Balaban J connectivity index is 1.94. The predicted molar refractivity (Wildman–Crippen MR) is 84.7 cm³/mol. The van der Waals surface area contributed by atoms with Crippen molar-refractivity contribution >= 4 is 10.0 Å². The normalized spacial score (nSPS) is 16.7. The van der Waals surface area contributed by atoms with Crippen molar-refractivity contribution < 1.29 is 12.8 Å². The maximum absolute atomic E-state index is 13.2. The molecule has 0 bridgehead atoms. The molecule has 1 unspecified atom stereocenters. The van der Waals surface area contributed by atoms with Gasteiger partial charge in [-0.05, 0) is 43.4 Å².